The van der Waals surface area contributed by atoms with Gasteiger partial charge in [-0.25, -0.2) is 8.78 Å². The summed E-state index contributed by atoms with van der Waals surface area (Å²) in [5.41, 5.74) is 1.14. The fourth-order valence-electron chi connectivity index (χ4n) is 3.14. The first-order chi connectivity index (χ1) is 16.5. The molecule has 7 nitrogen and oxygen atoms in total. The quantitative estimate of drug-likeness (QED) is 0.160. The lowest BCUT2D eigenvalue weighted by Gasteiger charge is -2.09. The Hall–Kier alpha value is -3.53. The Balaban J connectivity index is 1.31. The van der Waals surface area contributed by atoms with Crippen molar-refractivity contribution in [2.24, 2.45) is 0 Å². The lowest BCUT2D eigenvalue weighted by atomic mass is 10.1. The van der Waals surface area contributed by atoms with Crippen molar-refractivity contribution in [3.8, 4) is 17.1 Å². The summed E-state index contributed by atoms with van der Waals surface area (Å²) in [6.45, 7) is 6.08. The van der Waals surface area contributed by atoms with Crippen molar-refractivity contribution in [2.75, 3.05) is 5.75 Å². The number of nitrogens with zero attached hydrogens (tertiary/aromatic N) is 5. The highest BCUT2D eigenvalue weighted by molar-refractivity contribution is 7.99. The van der Waals surface area contributed by atoms with E-state index in [1.54, 1.807) is 43.3 Å². The molecule has 0 unspecified atom stereocenters. The van der Waals surface area contributed by atoms with E-state index in [1.165, 1.54) is 23.9 Å². The van der Waals surface area contributed by atoms with Crippen LogP contribution in [0.15, 0.2) is 64.8 Å². The Kier molecular flexibility index (Phi) is 7.69. The second-order valence-electron chi connectivity index (χ2n) is 7.44. The van der Waals surface area contributed by atoms with E-state index < -0.39 is 5.82 Å². The predicted octanol–water partition coefficient (Wildman–Crippen LogP) is 5.40. The van der Waals surface area contributed by atoms with Gasteiger partial charge >= 0.3 is 0 Å². The molecule has 0 aliphatic rings. The van der Waals surface area contributed by atoms with Gasteiger partial charge in [-0.3, -0.25) is 4.57 Å². The van der Waals surface area contributed by atoms with Crippen LogP contribution >= 0.6 is 11.8 Å². The summed E-state index contributed by atoms with van der Waals surface area (Å²) in [6.07, 6.45) is 3.08. The molecule has 0 N–H and O–H groups in total. The predicted molar refractivity (Wildman–Crippen MR) is 124 cm³/mol. The van der Waals surface area contributed by atoms with Crippen molar-refractivity contribution in [1.82, 2.24) is 24.9 Å². The van der Waals surface area contributed by atoms with E-state index in [0.717, 1.165) is 12.2 Å². The van der Waals surface area contributed by atoms with Crippen molar-refractivity contribution in [1.29, 1.82) is 0 Å². The number of thioether (sulfide) groups is 1. The maximum atomic E-state index is 13.8. The minimum atomic E-state index is -0.427. The molecule has 0 saturated heterocycles. The molecule has 2 heterocycles. The molecule has 176 valence electrons. The van der Waals surface area contributed by atoms with Crippen LogP contribution < -0.4 is 4.74 Å². The molecule has 2 aromatic heterocycles. The highest BCUT2D eigenvalue weighted by Crippen LogP contribution is 2.23. The third-order valence-electron chi connectivity index (χ3n) is 4.96. The average molecular weight is 484 g/mol. The Bertz CT molecular complexity index is 1270. The lowest BCUT2D eigenvalue weighted by Crippen LogP contribution is -2.08. The Morgan fingerprint density at radius 3 is 2.79 bits per heavy atom. The maximum absolute atomic E-state index is 13.8. The first-order valence-corrected chi connectivity index (χ1v) is 11.7. The Morgan fingerprint density at radius 1 is 1.15 bits per heavy atom. The maximum Gasteiger partial charge on any atom is 0.226 e. The van der Waals surface area contributed by atoms with Gasteiger partial charge in [0.05, 0.1) is 0 Å². The second-order valence-corrected chi connectivity index (χ2v) is 8.51. The van der Waals surface area contributed by atoms with E-state index >= 15 is 0 Å². The zero-order valence-corrected chi connectivity index (χ0v) is 19.4. The molecule has 0 aliphatic heterocycles. The summed E-state index contributed by atoms with van der Waals surface area (Å²) in [5, 5.41) is 13.1. The van der Waals surface area contributed by atoms with Crippen LogP contribution in [0.3, 0.4) is 0 Å². The molecular formula is C24H23F2N5O2S. The van der Waals surface area contributed by atoms with Gasteiger partial charge in [0.25, 0.3) is 0 Å². The average Bonchev–Trinajstić information content (AvgIpc) is 3.46. The molecule has 4 rings (SSSR count). The van der Waals surface area contributed by atoms with Gasteiger partial charge in [0.2, 0.25) is 11.7 Å². The third kappa shape index (κ3) is 5.69. The minimum Gasteiger partial charge on any atom is -0.483 e. The van der Waals surface area contributed by atoms with Gasteiger partial charge in [-0.2, -0.15) is 4.98 Å². The number of halogens is 2. The fourth-order valence-corrected chi connectivity index (χ4v) is 4.05. The molecule has 0 amide bonds. The number of aromatic nitrogens is 5. The van der Waals surface area contributed by atoms with Crippen LogP contribution in [0.2, 0.25) is 0 Å². The molecule has 0 saturated carbocycles. The van der Waals surface area contributed by atoms with Crippen LogP contribution in [0, 0.1) is 18.6 Å². The minimum absolute atomic E-state index is 0.0900. The summed E-state index contributed by atoms with van der Waals surface area (Å²) in [5.74, 6) is 1.61. The highest BCUT2D eigenvalue weighted by Gasteiger charge is 2.14. The van der Waals surface area contributed by atoms with Crippen LogP contribution in [0.1, 0.15) is 23.7 Å². The summed E-state index contributed by atoms with van der Waals surface area (Å²) in [4.78, 5) is 4.36. The van der Waals surface area contributed by atoms with Gasteiger partial charge in [-0.05, 0) is 37.1 Å². The molecule has 0 radical (unpaired) electrons. The lowest BCUT2D eigenvalue weighted by molar-refractivity contribution is 0.275. The summed E-state index contributed by atoms with van der Waals surface area (Å²) >= 11 is 1.53. The molecular weight excluding hydrogens is 460 g/mol. The van der Waals surface area contributed by atoms with E-state index in [4.69, 9.17) is 9.26 Å². The fraction of sp³-hybridized carbons (Fsp3) is 0.250. The number of para-hydroxylation sites is 1. The molecule has 0 atom stereocenters. The number of hydrogen-bond acceptors (Lipinski definition) is 7. The number of aryl methyl sites for hydroxylation is 2. The Labute approximate surface area is 199 Å². The first kappa shape index (κ1) is 23.6. The molecule has 0 fully saturated rings. The number of hydrogen-bond donors (Lipinski definition) is 0. The van der Waals surface area contributed by atoms with E-state index in [0.29, 0.717) is 46.8 Å². The van der Waals surface area contributed by atoms with E-state index in [9.17, 15) is 8.78 Å². The number of benzene rings is 2. The smallest absolute Gasteiger partial charge is 0.226 e. The Morgan fingerprint density at radius 2 is 2.00 bits per heavy atom. The first-order valence-electron chi connectivity index (χ1n) is 10.7. The SMILES string of the molecule is C=CCn1c(COc2ccccc2F)nnc1SCCCc1nc(-c2ccc(C)c(F)c2)no1. The van der Waals surface area contributed by atoms with Gasteiger partial charge in [-0.1, -0.05) is 47.3 Å². The van der Waals surface area contributed by atoms with Crippen LogP contribution in [0.4, 0.5) is 8.78 Å². The molecule has 4 aromatic rings. The van der Waals surface area contributed by atoms with Crippen molar-refractivity contribution >= 4 is 11.8 Å². The molecule has 0 aliphatic carbocycles. The van der Waals surface area contributed by atoms with E-state index in [1.807, 2.05) is 4.57 Å². The summed E-state index contributed by atoms with van der Waals surface area (Å²) < 4.78 is 40.3. The molecule has 10 heteroatoms. The van der Waals surface area contributed by atoms with Crippen LogP contribution in [-0.2, 0) is 19.6 Å². The molecule has 2 aromatic carbocycles. The molecule has 34 heavy (non-hydrogen) atoms. The number of rotatable bonds is 11. The van der Waals surface area contributed by atoms with Gasteiger partial charge in [0.1, 0.15) is 12.4 Å². The van der Waals surface area contributed by atoms with Crippen LogP contribution in [0.5, 0.6) is 5.75 Å². The largest absolute Gasteiger partial charge is 0.483 e. The van der Waals surface area contributed by atoms with Gasteiger partial charge in [0, 0.05) is 24.3 Å². The van der Waals surface area contributed by atoms with Crippen molar-refractivity contribution in [3.63, 3.8) is 0 Å². The van der Waals surface area contributed by atoms with E-state index in [2.05, 4.69) is 26.9 Å². The highest BCUT2D eigenvalue weighted by atomic mass is 32.2. The van der Waals surface area contributed by atoms with Crippen LogP contribution in [0.25, 0.3) is 11.4 Å². The second kappa shape index (κ2) is 11.1. The van der Waals surface area contributed by atoms with Crippen molar-refractivity contribution in [2.45, 2.75) is 38.1 Å². The normalized spacial score (nSPS) is 11.0. The molecule has 0 bridgehead atoms. The van der Waals surface area contributed by atoms with Gasteiger partial charge in [-0.15, -0.1) is 16.8 Å². The number of ether oxygens (including phenoxy) is 1. The summed E-state index contributed by atoms with van der Waals surface area (Å²) in [6, 6.07) is 11.1. The van der Waals surface area contributed by atoms with Gasteiger partial charge in [0.15, 0.2) is 22.5 Å². The zero-order valence-electron chi connectivity index (χ0n) is 18.6. The summed E-state index contributed by atoms with van der Waals surface area (Å²) in [7, 11) is 0. The topological polar surface area (TPSA) is 78.9 Å². The monoisotopic (exact) mass is 483 g/mol. The van der Waals surface area contributed by atoms with Gasteiger partial charge < -0.3 is 9.26 Å². The third-order valence-corrected chi connectivity index (χ3v) is 6.02. The number of allylic oxidation sites excluding steroid dienone is 1. The standard InChI is InChI=1S/C24H23F2N5O2S/c1-3-12-31-21(15-32-20-8-5-4-7-18(20)25)28-29-24(31)34-13-6-9-22-27-23(30-33-22)17-11-10-16(2)19(26)14-17/h3-5,7-8,10-11,14H,1,6,9,12-13,15H2,2H3. The molecule has 0 spiro atoms. The van der Waals surface area contributed by atoms with Crippen LogP contribution in [-0.4, -0.2) is 30.7 Å². The van der Waals surface area contributed by atoms with Crippen molar-refractivity contribution < 1.29 is 18.0 Å². The zero-order chi connectivity index (χ0) is 23.9. The van der Waals surface area contributed by atoms with Crippen molar-refractivity contribution in [3.05, 3.63) is 84.0 Å². The van der Waals surface area contributed by atoms with E-state index in [-0.39, 0.29) is 18.2 Å².